The summed E-state index contributed by atoms with van der Waals surface area (Å²) in [6.07, 6.45) is 9.61. The number of nitrogens with zero attached hydrogens (tertiary/aromatic N) is 1. The average Bonchev–Trinajstić information content (AvgIpc) is 2.72. The molecular formula is C21H46N4O5Si. The van der Waals surface area contributed by atoms with Crippen molar-refractivity contribution in [3.05, 3.63) is 0 Å². The van der Waals surface area contributed by atoms with Crippen molar-refractivity contribution < 1.29 is 22.9 Å². The van der Waals surface area contributed by atoms with Crippen molar-refractivity contribution >= 4 is 21.0 Å². The van der Waals surface area contributed by atoms with Crippen molar-refractivity contribution in [2.24, 2.45) is 5.73 Å². The fourth-order valence-corrected chi connectivity index (χ4v) is 5.94. The molecule has 10 heteroatoms. The first-order valence-electron chi connectivity index (χ1n) is 12.0. The van der Waals surface area contributed by atoms with Crippen molar-refractivity contribution in [3.63, 3.8) is 0 Å². The highest BCUT2D eigenvalue weighted by molar-refractivity contribution is 6.60. The van der Waals surface area contributed by atoms with E-state index in [2.05, 4.69) is 10.6 Å². The van der Waals surface area contributed by atoms with E-state index in [1.807, 2.05) is 27.7 Å². The van der Waals surface area contributed by atoms with Crippen LogP contribution in [0.4, 0.5) is 9.59 Å². The summed E-state index contributed by atoms with van der Waals surface area (Å²) in [6.45, 7) is 10.8. The predicted molar refractivity (Wildman–Crippen MR) is 126 cm³/mol. The third-order valence-corrected chi connectivity index (χ3v) is 7.73. The van der Waals surface area contributed by atoms with Gasteiger partial charge in [-0.15, -0.1) is 0 Å². The molecule has 0 unspecified atom stereocenters. The number of rotatable bonds is 20. The maximum absolute atomic E-state index is 12.9. The van der Waals surface area contributed by atoms with E-state index in [1.165, 1.54) is 19.3 Å². The first-order valence-corrected chi connectivity index (χ1v) is 13.6. The lowest BCUT2D eigenvalue weighted by Crippen LogP contribution is -2.65. The molecule has 0 fully saturated rings. The van der Waals surface area contributed by atoms with Gasteiger partial charge in [-0.05, 0) is 40.0 Å². The van der Waals surface area contributed by atoms with Crippen LogP contribution in [0.1, 0.15) is 85.5 Å². The first-order chi connectivity index (χ1) is 15.0. The van der Waals surface area contributed by atoms with Crippen LogP contribution in [0, 0.1) is 0 Å². The molecule has 0 aromatic rings. The molecule has 0 radical (unpaired) electrons. The third-order valence-electron chi connectivity index (χ3n) is 4.68. The molecule has 4 N–H and O–H groups in total. The van der Waals surface area contributed by atoms with E-state index in [1.54, 1.807) is 4.57 Å². The SMILES string of the molecule is CCCN(C(=O)NCCCCCCCCCCNC(N)=O)[Si](OCC)(OCC)OCC. The molecule has 184 valence electrons. The van der Waals surface area contributed by atoms with Crippen LogP contribution in [0.5, 0.6) is 0 Å². The molecule has 0 spiro atoms. The molecule has 0 atom stereocenters. The van der Waals surface area contributed by atoms with Gasteiger partial charge in [-0.2, -0.15) is 0 Å². The van der Waals surface area contributed by atoms with E-state index >= 15 is 0 Å². The molecule has 0 rings (SSSR count). The summed E-state index contributed by atoms with van der Waals surface area (Å²) in [7, 11) is -3.22. The molecule has 9 nitrogen and oxygen atoms in total. The van der Waals surface area contributed by atoms with Gasteiger partial charge in [0.15, 0.2) is 0 Å². The Kier molecular flexibility index (Phi) is 18.5. The van der Waals surface area contributed by atoms with E-state index in [-0.39, 0.29) is 6.03 Å². The zero-order valence-electron chi connectivity index (χ0n) is 20.2. The molecule has 0 heterocycles. The second-order valence-electron chi connectivity index (χ2n) is 7.33. The Morgan fingerprint density at radius 2 is 1.16 bits per heavy atom. The third kappa shape index (κ3) is 13.6. The van der Waals surface area contributed by atoms with Gasteiger partial charge in [0.25, 0.3) is 0 Å². The van der Waals surface area contributed by atoms with Gasteiger partial charge in [0.05, 0.1) is 0 Å². The number of nitrogens with two attached hydrogens (primary N) is 1. The Hall–Kier alpha value is -1.36. The molecule has 31 heavy (non-hydrogen) atoms. The number of primary amides is 1. The minimum atomic E-state index is -3.22. The maximum Gasteiger partial charge on any atom is 0.637 e. The Morgan fingerprint density at radius 3 is 1.55 bits per heavy atom. The lowest BCUT2D eigenvalue weighted by atomic mass is 10.1. The minimum absolute atomic E-state index is 0.173. The zero-order chi connectivity index (χ0) is 23.4. The summed E-state index contributed by atoms with van der Waals surface area (Å²) in [5.74, 6) is 0. The smallest absolute Gasteiger partial charge is 0.357 e. The van der Waals surface area contributed by atoms with Gasteiger partial charge >= 0.3 is 21.0 Å². The second kappa shape index (κ2) is 19.3. The van der Waals surface area contributed by atoms with Crippen LogP contribution in [0.3, 0.4) is 0 Å². The Balaban J connectivity index is 4.20. The van der Waals surface area contributed by atoms with Crippen molar-refractivity contribution in [2.75, 3.05) is 39.5 Å². The van der Waals surface area contributed by atoms with Crippen LogP contribution in [0.2, 0.25) is 0 Å². The fraction of sp³-hybridized carbons (Fsp3) is 0.905. The number of urea groups is 2. The highest BCUT2D eigenvalue weighted by Crippen LogP contribution is 2.17. The van der Waals surface area contributed by atoms with Crippen molar-refractivity contribution in [1.29, 1.82) is 0 Å². The van der Waals surface area contributed by atoms with Gasteiger partial charge in [-0.25, -0.2) is 9.59 Å². The highest BCUT2D eigenvalue weighted by Gasteiger charge is 2.51. The first kappa shape index (κ1) is 29.6. The van der Waals surface area contributed by atoms with Crippen LogP contribution in [-0.2, 0) is 13.3 Å². The molecule has 0 aliphatic rings. The van der Waals surface area contributed by atoms with Crippen LogP contribution in [-0.4, -0.2) is 65.0 Å². The predicted octanol–water partition coefficient (Wildman–Crippen LogP) is 3.74. The van der Waals surface area contributed by atoms with Gasteiger partial charge < -0.3 is 29.6 Å². The normalized spacial score (nSPS) is 11.4. The molecule has 0 bridgehead atoms. The molecular weight excluding hydrogens is 416 g/mol. The van der Waals surface area contributed by atoms with Crippen molar-refractivity contribution in [2.45, 2.75) is 85.5 Å². The van der Waals surface area contributed by atoms with E-state index < -0.39 is 15.0 Å². The lowest BCUT2D eigenvalue weighted by Gasteiger charge is -2.37. The number of hydrogen-bond acceptors (Lipinski definition) is 5. The zero-order valence-corrected chi connectivity index (χ0v) is 21.2. The number of unbranched alkanes of at least 4 members (excludes halogenated alkanes) is 7. The van der Waals surface area contributed by atoms with Gasteiger partial charge in [0, 0.05) is 39.5 Å². The van der Waals surface area contributed by atoms with Crippen LogP contribution < -0.4 is 16.4 Å². The Labute approximate surface area is 190 Å². The Morgan fingerprint density at radius 1 is 0.742 bits per heavy atom. The summed E-state index contributed by atoms with van der Waals surface area (Å²) in [4.78, 5) is 23.5. The van der Waals surface area contributed by atoms with Crippen molar-refractivity contribution in [1.82, 2.24) is 15.2 Å². The molecule has 4 amide bonds. The quantitative estimate of drug-likeness (QED) is 0.188. The van der Waals surface area contributed by atoms with Gasteiger partial charge in [0.1, 0.15) is 0 Å². The van der Waals surface area contributed by atoms with E-state index in [4.69, 9.17) is 19.0 Å². The van der Waals surface area contributed by atoms with Gasteiger partial charge in [-0.3, -0.25) is 4.57 Å². The fourth-order valence-electron chi connectivity index (χ4n) is 3.31. The second-order valence-corrected chi connectivity index (χ2v) is 9.78. The molecule has 0 aliphatic heterocycles. The minimum Gasteiger partial charge on any atom is -0.357 e. The number of amides is 4. The Bertz CT molecular complexity index is 454. The molecule has 0 saturated carbocycles. The molecule has 0 aliphatic carbocycles. The number of carbonyl (C=O) groups excluding carboxylic acids is 2. The monoisotopic (exact) mass is 462 g/mol. The summed E-state index contributed by atoms with van der Waals surface area (Å²) in [5.41, 5.74) is 5.03. The topological polar surface area (TPSA) is 115 Å². The van der Waals surface area contributed by atoms with Gasteiger partial charge in [0.2, 0.25) is 0 Å². The largest absolute Gasteiger partial charge is 0.637 e. The van der Waals surface area contributed by atoms with Crippen molar-refractivity contribution in [3.8, 4) is 0 Å². The highest BCUT2D eigenvalue weighted by atomic mass is 28.4. The summed E-state index contributed by atoms with van der Waals surface area (Å²) >= 11 is 0. The maximum atomic E-state index is 12.9. The lowest BCUT2D eigenvalue weighted by molar-refractivity contribution is 0.0270. The summed E-state index contributed by atoms with van der Waals surface area (Å²) in [5, 5.41) is 5.63. The van der Waals surface area contributed by atoms with E-state index in [9.17, 15) is 9.59 Å². The van der Waals surface area contributed by atoms with Crippen LogP contribution >= 0.6 is 0 Å². The van der Waals surface area contributed by atoms with Crippen LogP contribution in [0.25, 0.3) is 0 Å². The summed E-state index contributed by atoms with van der Waals surface area (Å²) in [6, 6.07) is -0.625. The average molecular weight is 463 g/mol. The van der Waals surface area contributed by atoms with E-state index in [0.717, 1.165) is 38.5 Å². The summed E-state index contributed by atoms with van der Waals surface area (Å²) < 4.78 is 19.3. The number of hydrogen-bond donors (Lipinski definition) is 3. The molecule has 0 aromatic carbocycles. The number of nitrogens with one attached hydrogen (secondary N) is 2. The standard InChI is InChI=1S/C21H46N4O5Si/c1-5-19-25(31(28-6-2,29-7-3)30-8-4)21(27)24-18-16-14-12-10-9-11-13-15-17-23-20(22)26/h5-19H2,1-4H3,(H,24,27)(H3,22,23,26). The van der Waals surface area contributed by atoms with E-state index in [0.29, 0.717) is 39.5 Å². The molecule has 0 aromatic heterocycles. The molecule has 0 saturated heterocycles. The number of carbonyl (C=O) groups is 2. The van der Waals surface area contributed by atoms with Crippen LogP contribution in [0.15, 0.2) is 0 Å². The van der Waals surface area contributed by atoms with Gasteiger partial charge in [-0.1, -0.05) is 45.4 Å².